The van der Waals surface area contributed by atoms with Crippen LogP contribution in [0.5, 0.6) is 0 Å². The lowest BCUT2D eigenvalue weighted by Gasteiger charge is -2.46. The van der Waals surface area contributed by atoms with E-state index in [0.29, 0.717) is 21.6 Å². The number of aromatic nitrogens is 2. The van der Waals surface area contributed by atoms with Crippen LogP contribution in [-0.2, 0) is 17.9 Å². The van der Waals surface area contributed by atoms with E-state index in [1.807, 2.05) is 0 Å². The molecule has 1 aliphatic carbocycles. The number of benzene rings is 1. The first kappa shape index (κ1) is 20.9. The molecule has 0 spiro atoms. The molecule has 10 heteroatoms. The van der Waals surface area contributed by atoms with Crippen LogP contribution < -0.4 is 0 Å². The smallest absolute Gasteiger partial charge is 0.327 e. The van der Waals surface area contributed by atoms with Gasteiger partial charge in [-0.05, 0) is 59.1 Å². The van der Waals surface area contributed by atoms with Crippen molar-refractivity contribution in [2.75, 3.05) is 0 Å². The van der Waals surface area contributed by atoms with Gasteiger partial charge in [0.05, 0.1) is 23.2 Å². The molecular weight excluding hydrogens is 483 g/mol. The molecule has 8 nitrogen and oxygen atoms in total. The molecular formula is C22H20BrFN4O4. The summed E-state index contributed by atoms with van der Waals surface area (Å²) in [6.45, 7) is 0.181. The molecule has 2 aromatic heterocycles. The maximum Gasteiger partial charge on any atom is 0.327 e. The Morgan fingerprint density at radius 3 is 2.78 bits per heavy atom. The number of urea groups is 1. The number of halogens is 2. The second kappa shape index (κ2) is 8.50. The molecule has 1 aromatic carbocycles. The third kappa shape index (κ3) is 3.83. The van der Waals surface area contributed by atoms with Crippen LogP contribution in [0.15, 0.2) is 50.0 Å². The SMILES string of the molecule is O=C1C2CCCCC2N(Cc2nc(-c3ccc(F)c(Br)c3)no2)C(=O)N1Cc1ccco1. The fourth-order valence-electron chi connectivity index (χ4n) is 4.47. The van der Waals surface area contributed by atoms with Crippen molar-refractivity contribution in [1.29, 1.82) is 0 Å². The molecule has 32 heavy (non-hydrogen) atoms. The molecule has 3 amide bonds. The first-order valence-corrected chi connectivity index (χ1v) is 11.2. The first-order valence-electron chi connectivity index (χ1n) is 10.4. The van der Waals surface area contributed by atoms with Crippen LogP contribution in [0.4, 0.5) is 9.18 Å². The van der Waals surface area contributed by atoms with Gasteiger partial charge in [0, 0.05) is 11.6 Å². The molecule has 0 N–H and O–H groups in total. The maximum atomic E-state index is 13.5. The molecule has 1 saturated heterocycles. The number of amides is 3. The Morgan fingerprint density at radius 2 is 2.00 bits per heavy atom. The van der Waals surface area contributed by atoms with Crippen molar-refractivity contribution >= 4 is 27.9 Å². The molecule has 0 bridgehead atoms. The molecule has 166 valence electrons. The summed E-state index contributed by atoms with van der Waals surface area (Å²) in [5.41, 5.74) is 0.586. The van der Waals surface area contributed by atoms with Gasteiger partial charge in [-0.3, -0.25) is 9.69 Å². The Balaban J connectivity index is 1.41. The lowest BCUT2D eigenvalue weighted by Crippen LogP contribution is -2.61. The highest BCUT2D eigenvalue weighted by atomic mass is 79.9. The highest BCUT2D eigenvalue weighted by Crippen LogP contribution is 2.36. The van der Waals surface area contributed by atoms with E-state index in [1.165, 1.54) is 17.2 Å². The van der Waals surface area contributed by atoms with Crippen LogP contribution in [0, 0.1) is 11.7 Å². The van der Waals surface area contributed by atoms with Gasteiger partial charge in [0.2, 0.25) is 17.6 Å². The van der Waals surface area contributed by atoms with Gasteiger partial charge in [0.15, 0.2) is 0 Å². The number of furan rings is 1. The van der Waals surface area contributed by atoms with Crippen molar-refractivity contribution in [1.82, 2.24) is 19.9 Å². The van der Waals surface area contributed by atoms with Gasteiger partial charge in [-0.15, -0.1) is 0 Å². The first-order chi connectivity index (χ1) is 15.5. The highest BCUT2D eigenvalue weighted by Gasteiger charge is 2.47. The van der Waals surface area contributed by atoms with Gasteiger partial charge in [0.1, 0.15) is 18.1 Å². The Morgan fingerprint density at radius 1 is 1.16 bits per heavy atom. The number of hydrogen-bond donors (Lipinski definition) is 0. The predicted molar refractivity (Wildman–Crippen MR) is 113 cm³/mol. The van der Waals surface area contributed by atoms with Crippen molar-refractivity contribution < 1.29 is 22.9 Å². The molecule has 0 radical (unpaired) electrons. The van der Waals surface area contributed by atoms with E-state index < -0.39 is 0 Å². The number of rotatable bonds is 5. The zero-order valence-corrected chi connectivity index (χ0v) is 18.6. The van der Waals surface area contributed by atoms with Crippen molar-refractivity contribution in [3.63, 3.8) is 0 Å². The average Bonchev–Trinajstić information content (AvgIpc) is 3.48. The number of hydrogen-bond acceptors (Lipinski definition) is 6. The molecule has 2 atom stereocenters. The summed E-state index contributed by atoms with van der Waals surface area (Å²) < 4.78 is 24.6. The summed E-state index contributed by atoms with van der Waals surface area (Å²) >= 11 is 3.15. The Hall–Kier alpha value is -3.01. The number of nitrogens with zero attached hydrogens (tertiary/aromatic N) is 4. The third-order valence-electron chi connectivity index (χ3n) is 6.04. The number of fused-ring (bicyclic) bond motifs is 1. The molecule has 5 rings (SSSR count). The standard InChI is InChI=1S/C22H20BrFN4O4/c23-16-10-13(7-8-17(16)24)20-25-19(32-26-20)12-27-18-6-2-1-5-15(18)21(29)28(22(27)30)11-14-4-3-9-31-14/h3-4,7-10,15,18H,1-2,5-6,11-12H2. The zero-order chi connectivity index (χ0) is 22.2. The van der Waals surface area contributed by atoms with Gasteiger partial charge in [-0.2, -0.15) is 4.98 Å². The van der Waals surface area contributed by atoms with Crippen molar-refractivity contribution in [3.8, 4) is 11.4 Å². The van der Waals surface area contributed by atoms with Gasteiger partial charge in [0.25, 0.3) is 0 Å². The normalized spacial score (nSPS) is 21.2. The van der Waals surface area contributed by atoms with Gasteiger partial charge >= 0.3 is 6.03 Å². The monoisotopic (exact) mass is 502 g/mol. The van der Waals surface area contributed by atoms with Crippen LogP contribution in [0.2, 0.25) is 0 Å². The fourth-order valence-corrected chi connectivity index (χ4v) is 4.85. The second-order valence-electron chi connectivity index (χ2n) is 8.01. The van der Waals surface area contributed by atoms with Crippen LogP contribution in [0.25, 0.3) is 11.4 Å². The molecule has 1 aliphatic heterocycles. The van der Waals surface area contributed by atoms with E-state index in [4.69, 9.17) is 8.94 Å². The van der Waals surface area contributed by atoms with E-state index in [9.17, 15) is 14.0 Å². The Labute approximate surface area is 191 Å². The molecule has 2 aliphatic rings. The minimum Gasteiger partial charge on any atom is -0.467 e. The number of imide groups is 1. The summed E-state index contributed by atoms with van der Waals surface area (Å²) in [7, 11) is 0. The summed E-state index contributed by atoms with van der Waals surface area (Å²) in [5, 5.41) is 3.98. The van der Waals surface area contributed by atoms with Gasteiger partial charge in [-0.25, -0.2) is 9.18 Å². The summed E-state index contributed by atoms with van der Waals surface area (Å²) in [6.07, 6.45) is 4.91. The quantitative estimate of drug-likeness (QED) is 0.499. The van der Waals surface area contributed by atoms with Gasteiger partial charge < -0.3 is 13.8 Å². The van der Waals surface area contributed by atoms with E-state index in [0.717, 1.165) is 25.7 Å². The van der Waals surface area contributed by atoms with Gasteiger partial charge in [-0.1, -0.05) is 18.0 Å². The van der Waals surface area contributed by atoms with E-state index in [-0.39, 0.29) is 48.7 Å². The molecule has 2 unspecified atom stereocenters. The molecule has 3 aromatic rings. The minimum absolute atomic E-state index is 0.0864. The lowest BCUT2D eigenvalue weighted by molar-refractivity contribution is -0.141. The Bertz CT molecular complexity index is 1150. The third-order valence-corrected chi connectivity index (χ3v) is 6.64. The Kier molecular flexibility index (Phi) is 5.54. The maximum absolute atomic E-state index is 13.5. The van der Waals surface area contributed by atoms with Crippen molar-refractivity contribution in [2.24, 2.45) is 5.92 Å². The van der Waals surface area contributed by atoms with Crippen LogP contribution >= 0.6 is 15.9 Å². The minimum atomic E-state index is -0.390. The van der Waals surface area contributed by atoms with E-state index in [1.54, 1.807) is 29.2 Å². The molecule has 1 saturated carbocycles. The zero-order valence-electron chi connectivity index (χ0n) is 17.0. The average molecular weight is 503 g/mol. The highest BCUT2D eigenvalue weighted by molar-refractivity contribution is 9.10. The van der Waals surface area contributed by atoms with E-state index >= 15 is 0 Å². The summed E-state index contributed by atoms with van der Waals surface area (Å²) in [6, 6.07) is 7.31. The van der Waals surface area contributed by atoms with Crippen LogP contribution in [-0.4, -0.2) is 37.9 Å². The summed E-state index contributed by atoms with van der Waals surface area (Å²) in [4.78, 5) is 33.7. The van der Waals surface area contributed by atoms with E-state index in [2.05, 4.69) is 26.1 Å². The van der Waals surface area contributed by atoms with Crippen molar-refractivity contribution in [2.45, 2.75) is 44.8 Å². The molecule has 3 heterocycles. The van der Waals surface area contributed by atoms with Crippen LogP contribution in [0.1, 0.15) is 37.3 Å². The van der Waals surface area contributed by atoms with Crippen molar-refractivity contribution in [3.05, 3.63) is 58.5 Å². The number of carbonyl (C=O) groups excluding carboxylic acids is 2. The predicted octanol–water partition coefficient (Wildman–Crippen LogP) is 4.75. The van der Waals surface area contributed by atoms with Crippen LogP contribution in [0.3, 0.4) is 0 Å². The lowest BCUT2D eigenvalue weighted by atomic mass is 9.81. The fraction of sp³-hybridized carbons (Fsp3) is 0.364. The topological polar surface area (TPSA) is 92.7 Å². The largest absolute Gasteiger partial charge is 0.467 e. The summed E-state index contributed by atoms with van der Waals surface area (Å²) in [5.74, 6) is 0.296. The number of carbonyl (C=O) groups is 2. The second-order valence-corrected chi connectivity index (χ2v) is 8.87. The molecule has 2 fully saturated rings.